The third-order valence-electron chi connectivity index (χ3n) is 6.91. The van der Waals surface area contributed by atoms with E-state index in [0.717, 1.165) is 36.2 Å². The number of rotatable bonds is 6. The van der Waals surface area contributed by atoms with E-state index in [0.29, 0.717) is 12.2 Å². The van der Waals surface area contributed by atoms with Crippen molar-refractivity contribution in [2.75, 3.05) is 0 Å². The molecular formula is C24H32FN. The Bertz CT molecular complexity index is 596. The largest absolute Gasteiger partial charge is 0.216 e. The van der Waals surface area contributed by atoms with Gasteiger partial charge < -0.3 is 0 Å². The molecule has 1 aromatic carbocycles. The quantitative estimate of drug-likeness (QED) is 0.492. The standard InChI is InChI=1S/C24H32FN/c25-17-3-1-2-4-19-5-9-21(10-6-19)23-13-15-24(16-14-23)22-11-7-20(18-26)8-12-22/h3,7-8,11-12,17,19,21,23-24H,1-2,4-6,9-10,13-16H2/b17-3+. The number of allylic oxidation sites excluding steroid dienone is 1. The van der Waals surface area contributed by atoms with Crippen LogP contribution < -0.4 is 0 Å². The fourth-order valence-electron chi connectivity index (χ4n) is 5.29. The zero-order valence-corrected chi connectivity index (χ0v) is 15.9. The van der Waals surface area contributed by atoms with Gasteiger partial charge in [0.25, 0.3) is 0 Å². The van der Waals surface area contributed by atoms with E-state index in [-0.39, 0.29) is 0 Å². The molecule has 0 unspecified atom stereocenters. The number of hydrogen-bond donors (Lipinski definition) is 0. The van der Waals surface area contributed by atoms with Gasteiger partial charge in [-0.1, -0.05) is 37.5 Å². The highest BCUT2D eigenvalue weighted by molar-refractivity contribution is 5.33. The minimum absolute atomic E-state index is 0.686. The van der Waals surface area contributed by atoms with Crippen molar-refractivity contribution in [2.24, 2.45) is 17.8 Å². The van der Waals surface area contributed by atoms with Gasteiger partial charge >= 0.3 is 0 Å². The molecule has 0 aromatic heterocycles. The number of benzene rings is 1. The van der Waals surface area contributed by atoms with E-state index in [2.05, 4.69) is 18.2 Å². The fraction of sp³-hybridized carbons (Fsp3) is 0.625. The molecule has 2 aliphatic rings. The van der Waals surface area contributed by atoms with Crippen LogP contribution in [0.25, 0.3) is 0 Å². The zero-order valence-electron chi connectivity index (χ0n) is 15.9. The van der Waals surface area contributed by atoms with Crippen LogP contribution in [0.5, 0.6) is 0 Å². The number of hydrogen-bond acceptors (Lipinski definition) is 1. The summed E-state index contributed by atoms with van der Waals surface area (Å²) < 4.78 is 12.0. The minimum Gasteiger partial charge on any atom is -0.216 e. The second-order valence-electron chi connectivity index (χ2n) is 8.42. The summed E-state index contributed by atoms with van der Waals surface area (Å²) in [4.78, 5) is 0. The lowest BCUT2D eigenvalue weighted by Crippen LogP contribution is -2.25. The molecule has 0 atom stereocenters. The lowest BCUT2D eigenvalue weighted by Gasteiger charge is -2.38. The average molecular weight is 354 g/mol. The van der Waals surface area contributed by atoms with Gasteiger partial charge in [0.05, 0.1) is 18.0 Å². The summed E-state index contributed by atoms with van der Waals surface area (Å²) in [5.74, 6) is 3.45. The summed E-state index contributed by atoms with van der Waals surface area (Å²) in [5, 5.41) is 8.94. The SMILES string of the molecule is N#Cc1ccc(C2CCC(C3CCC(CCC/C=C/F)CC3)CC2)cc1. The Balaban J connectivity index is 1.39. The Labute approximate surface area is 158 Å². The van der Waals surface area contributed by atoms with Crippen molar-refractivity contribution >= 4 is 0 Å². The summed E-state index contributed by atoms with van der Waals surface area (Å²) in [7, 11) is 0. The zero-order chi connectivity index (χ0) is 18.2. The molecule has 0 spiro atoms. The van der Waals surface area contributed by atoms with Crippen molar-refractivity contribution in [2.45, 2.75) is 76.5 Å². The molecule has 0 aliphatic heterocycles. The Morgan fingerprint density at radius 2 is 1.54 bits per heavy atom. The monoisotopic (exact) mass is 353 g/mol. The molecule has 0 bridgehead atoms. The van der Waals surface area contributed by atoms with E-state index >= 15 is 0 Å². The molecule has 140 valence electrons. The van der Waals surface area contributed by atoms with Gasteiger partial charge in [0.1, 0.15) is 0 Å². The Morgan fingerprint density at radius 3 is 2.12 bits per heavy atom. The van der Waals surface area contributed by atoms with Crippen molar-refractivity contribution in [1.82, 2.24) is 0 Å². The van der Waals surface area contributed by atoms with Gasteiger partial charge in [-0.05, 0) is 92.7 Å². The molecule has 0 heterocycles. The van der Waals surface area contributed by atoms with E-state index < -0.39 is 0 Å². The molecule has 2 saturated carbocycles. The summed E-state index contributed by atoms with van der Waals surface area (Å²) in [6.07, 6.45) is 16.6. The summed E-state index contributed by atoms with van der Waals surface area (Å²) in [6, 6.07) is 10.5. The first kappa shape index (κ1) is 19.2. The lowest BCUT2D eigenvalue weighted by molar-refractivity contribution is 0.156. The molecular weight excluding hydrogens is 321 g/mol. The minimum atomic E-state index is 0.686. The Morgan fingerprint density at radius 1 is 0.923 bits per heavy atom. The number of nitriles is 1. The van der Waals surface area contributed by atoms with Crippen molar-refractivity contribution in [3.8, 4) is 6.07 Å². The molecule has 0 radical (unpaired) electrons. The van der Waals surface area contributed by atoms with E-state index in [4.69, 9.17) is 5.26 Å². The van der Waals surface area contributed by atoms with E-state index in [9.17, 15) is 4.39 Å². The molecule has 26 heavy (non-hydrogen) atoms. The first-order valence-electron chi connectivity index (χ1n) is 10.6. The molecule has 2 aliphatic carbocycles. The van der Waals surface area contributed by atoms with E-state index in [1.807, 2.05) is 12.1 Å². The predicted molar refractivity (Wildman–Crippen MR) is 105 cm³/mol. The van der Waals surface area contributed by atoms with Gasteiger partial charge in [-0.15, -0.1) is 0 Å². The van der Waals surface area contributed by atoms with Gasteiger partial charge in [0.15, 0.2) is 0 Å². The Hall–Kier alpha value is -1.62. The first-order valence-corrected chi connectivity index (χ1v) is 10.6. The van der Waals surface area contributed by atoms with Gasteiger partial charge in [-0.3, -0.25) is 0 Å². The van der Waals surface area contributed by atoms with Crippen LogP contribution >= 0.6 is 0 Å². The number of halogens is 1. The molecule has 2 fully saturated rings. The van der Waals surface area contributed by atoms with E-state index in [1.54, 1.807) is 6.08 Å². The molecule has 0 saturated heterocycles. The highest BCUT2D eigenvalue weighted by Gasteiger charge is 2.31. The number of nitrogens with zero attached hydrogens (tertiary/aromatic N) is 1. The highest BCUT2D eigenvalue weighted by atomic mass is 19.1. The summed E-state index contributed by atoms with van der Waals surface area (Å²) in [5.41, 5.74) is 2.19. The van der Waals surface area contributed by atoms with Crippen LogP contribution in [0.3, 0.4) is 0 Å². The highest BCUT2D eigenvalue weighted by Crippen LogP contribution is 2.44. The van der Waals surface area contributed by atoms with Crippen LogP contribution in [0.1, 0.15) is 87.7 Å². The van der Waals surface area contributed by atoms with Crippen LogP contribution in [0.2, 0.25) is 0 Å². The normalized spacial score (nSPS) is 29.5. The maximum atomic E-state index is 12.0. The first-order chi connectivity index (χ1) is 12.8. The Kier molecular flexibility index (Phi) is 7.30. The maximum Gasteiger partial charge on any atom is 0.0991 e. The number of unbranched alkanes of at least 4 members (excludes halogenated alkanes) is 1. The third-order valence-corrected chi connectivity index (χ3v) is 6.91. The van der Waals surface area contributed by atoms with Crippen molar-refractivity contribution in [3.05, 3.63) is 47.8 Å². The summed E-state index contributed by atoms with van der Waals surface area (Å²) in [6.45, 7) is 0. The third kappa shape index (κ3) is 5.19. The molecule has 1 nitrogen and oxygen atoms in total. The van der Waals surface area contributed by atoms with Crippen molar-refractivity contribution in [1.29, 1.82) is 5.26 Å². The topological polar surface area (TPSA) is 23.8 Å². The second kappa shape index (κ2) is 9.91. The lowest BCUT2D eigenvalue weighted by atomic mass is 9.68. The van der Waals surface area contributed by atoms with Crippen molar-refractivity contribution < 1.29 is 4.39 Å². The second-order valence-corrected chi connectivity index (χ2v) is 8.42. The van der Waals surface area contributed by atoms with Crippen LogP contribution in [0.15, 0.2) is 36.7 Å². The van der Waals surface area contributed by atoms with Gasteiger partial charge in [0, 0.05) is 0 Å². The van der Waals surface area contributed by atoms with Crippen LogP contribution in [0, 0.1) is 29.1 Å². The summed E-state index contributed by atoms with van der Waals surface area (Å²) >= 11 is 0. The van der Waals surface area contributed by atoms with E-state index in [1.165, 1.54) is 63.4 Å². The van der Waals surface area contributed by atoms with Crippen molar-refractivity contribution in [3.63, 3.8) is 0 Å². The average Bonchev–Trinajstić information content (AvgIpc) is 2.72. The van der Waals surface area contributed by atoms with Gasteiger partial charge in [0.2, 0.25) is 0 Å². The molecule has 1 aromatic rings. The molecule has 0 N–H and O–H groups in total. The van der Waals surface area contributed by atoms with Gasteiger partial charge in [-0.25, -0.2) is 4.39 Å². The van der Waals surface area contributed by atoms with Crippen LogP contribution in [0.4, 0.5) is 4.39 Å². The van der Waals surface area contributed by atoms with Crippen LogP contribution in [-0.4, -0.2) is 0 Å². The van der Waals surface area contributed by atoms with Gasteiger partial charge in [-0.2, -0.15) is 5.26 Å². The predicted octanol–water partition coefficient (Wildman–Crippen LogP) is 7.29. The molecule has 2 heteroatoms. The smallest absolute Gasteiger partial charge is 0.0991 e. The molecule has 3 rings (SSSR count). The molecule has 0 amide bonds. The van der Waals surface area contributed by atoms with Crippen LogP contribution in [-0.2, 0) is 0 Å². The fourth-order valence-corrected chi connectivity index (χ4v) is 5.29. The maximum absolute atomic E-state index is 12.0.